The van der Waals surface area contributed by atoms with Crippen LogP contribution in [0.3, 0.4) is 0 Å². The Labute approximate surface area is 90.6 Å². The summed E-state index contributed by atoms with van der Waals surface area (Å²) in [5.74, 6) is 0. The van der Waals surface area contributed by atoms with E-state index in [1.54, 1.807) is 11.8 Å². The molecule has 0 atom stereocenters. The standard InChI is InChI=1S/C12H17NS/c1-8-6-9(2)11(10(3)7-8)12(13-4)14-5/h6-7H,1-5H3. The van der Waals surface area contributed by atoms with Crippen molar-refractivity contribution in [1.82, 2.24) is 0 Å². The largest absolute Gasteiger partial charge is 0.281 e. The zero-order valence-electron chi connectivity index (χ0n) is 9.51. The molecule has 0 aliphatic heterocycles. The quantitative estimate of drug-likeness (QED) is 0.508. The highest BCUT2D eigenvalue weighted by Gasteiger charge is 2.08. The first-order chi connectivity index (χ1) is 6.60. The van der Waals surface area contributed by atoms with Crippen LogP contribution in [0.15, 0.2) is 17.1 Å². The lowest BCUT2D eigenvalue weighted by atomic mass is 10.0. The Balaban J connectivity index is 3.34. The third kappa shape index (κ3) is 2.18. The molecule has 0 aliphatic rings. The van der Waals surface area contributed by atoms with Gasteiger partial charge in [-0.1, -0.05) is 17.7 Å². The van der Waals surface area contributed by atoms with Gasteiger partial charge in [0.15, 0.2) is 0 Å². The molecular formula is C12H17NS. The molecule has 1 nitrogen and oxygen atoms in total. The monoisotopic (exact) mass is 207 g/mol. The minimum atomic E-state index is 1.12. The van der Waals surface area contributed by atoms with Crippen LogP contribution in [0.2, 0.25) is 0 Å². The van der Waals surface area contributed by atoms with E-state index in [1.165, 1.54) is 22.3 Å². The van der Waals surface area contributed by atoms with Crippen LogP contribution in [0.5, 0.6) is 0 Å². The predicted octanol–water partition coefficient (Wildman–Crippen LogP) is 3.35. The van der Waals surface area contributed by atoms with Gasteiger partial charge in [0.25, 0.3) is 0 Å². The summed E-state index contributed by atoms with van der Waals surface area (Å²) in [4.78, 5) is 4.31. The van der Waals surface area contributed by atoms with Crippen molar-refractivity contribution in [3.63, 3.8) is 0 Å². The molecule has 1 aromatic rings. The fourth-order valence-corrected chi connectivity index (χ4v) is 2.53. The number of hydrogen-bond acceptors (Lipinski definition) is 2. The summed E-state index contributed by atoms with van der Waals surface area (Å²) in [5.41, 5.74) is 5.25. The zero-order valence-corrected chi connectivity index (χ0v) is 10.3. The number of rotatable bonds is 1. The lowest BCUT2D eigenvalue weighted by Gasteiger charge is -2.11. The second-order valence-electron chi connectivity index (χ2n) is 3.51. The summed E-state index contributed by atoms with van der Waals surface area (Å²) >= 11 is 1.71. The average Bonchev–Trinajstić information content (AvgIpc) is 2.10. The molecular weight excluding hydrogens is 190 g/mol. The third-order valence-electron chi connectivity index (χ3n) is 2.29. The van der Waals surface area contributed by atoms with Crippen molar-refractivity contribution >= 4 is 16.8 Å². The molecule has 0 unspecified atom stereocenters. The Hall–Kier alpha value is -0.760. The highest BCUT2D eigenvalue weighted by molar-refractivity contribution is 8.13. The highest BCUT2D eigenvalue weighted by Crippen LogP contribution is 2.21. The summed E-state index contributed by atoms with van der Waals surface area (Å²) in [5, 5.41) is 1.12. The van der Waals surface area contributed by atoms with Crippen LogP contribution in [0.4, 0.5) is 0 Å². The number of aryl methyl sites for hydroxylation is 3. The van der Waals surface area contributed by atoms with Gasteiger partial charge in [-0.15, -0.1) is 11.8 Å². The predicted molar refractivity (Wildman–Crippen MR) is 66.6 cm³/mol. The molecule has 0 aromatic heterocycles. The molecule has 1 aromatic carbocycles. The van der Waals surface area contributed by atoms with Gasteiger partial charge in [-0.3, -0.25) is 4.99 Å². The Morgan fingerprint density at radius 2 is 1.64 bits per heavy atom. The van der Waals surface area contributed by atoms with E-state index in [9.17, 15) is 0 Å². The van der Waals surface area contributed by atoms with E-state index in [-0.39, 0.29) is 0 Å². The molecule has 0 amide bonds. The van der Waals surface area contributed by atoms with Crippen LogP contribution in [0.25, 0.3) is 0 Å². The lowest BCUT2D eigenvalue weighted by molar-refractivity contribution is 1.30. The van der Waals surface area contributed by atoms with Crippen LogP contribution in [0.1, 0.15) is 22.3 Å². The van der Waals surface area contributed by atoms with Crippen LogP contribution >= 0.6 is 11.8 Å². The average molecular weight is 207 g/mol. The second-order valence-corrected chi connectivity index (χ2v) is 4.30. The zero-order chi connectivity index (χ0) is 10.7. The summed E-state index contributed by atoms with van der Waals surface area (Å²) in [6.45, 7) is 6.43. The molecule has 76 valence electrons. The number of aliphatic imine (C=N–C) groups is 1. The molecule has 0 aliphatic carbocycles. The second kappa shape index (κ2) is 4.65. The van der Waals surface area contributed by atoms with E-state index in [4.69, 9.17) is 0 Å². The van der Waals surface area contributed by atoms with Gasteiger partial charge >= 0.3 is 0 Å². The molecule has 0 radical (unpaired) electrons. The summed E-state index contributed by atoms with van der Waals surface area (Å²) in [7, 11) is 1.85. The normalized spacial score (nSPS) is 11.9. The minimum Gasteiger partial charge on any atom is -0.281 e. The number of hydrogen-bond donors (Lipinski definition) is 0. The Kier molecular flexibility index (Phi) is 3.76. The van der Waals surface area contributed by atoms with Gasteiger partial charge in [0, 0.05) is 12.6 Å². The molecule has 0 N–H and O–H groups in total. The van der Waals surface area contributed by atoms with Gasteiger partial charge in [-0.2, -0.15) is 0 Å². The summed E-state index contributed by atoms with van der Waals surface area (Å²) in [6, 6.07) is 4.42. The van der Waals surface area contributed by atoms with Gasteiger partial charge in [-0.25, -0.2) is 0 Å². The SMILES string of the molecule is CN=C(SC)c1c(C)cc(C)cc1C. The van der Waals surface area contributed by atoms with Crippen LogP contribution in [-0.2, 0) is 0 Å². The van der Waals surface area contributed by atoms with E-state index in [0.717, 1.165) is 5.04 Å². The lowest BCUT2D eigenvalue weighted by Crippen LogP contribution is -2.02. The van der Waals surface area contributed by atoms with Crippen molar-refractivity contribution in [3.05, 3.63) is 34.4 Å². The first-order valence-electron chi connectivity index (χ1n) is 4.69. The fraction of sp³-hybridized carbons (Fsp3) is 0.417. The van der Waals surface area contributed by atoms with Gasteiger partial charge in [0.2, 0.25) is 0 Å². The van der Waals surface area contributed by atoms with E-state index in [1.807, 2.05) is 7.05 Å². The van der Waals surface area contributed by atoms with Crippen molar-refractivity contribution in [2.45, 2.75) is 20.8 Å². The fourth-order valence-electron chi connectivity index (χ4n) is 1.82. The maximum Gasteiger partial charge on any atom is 0.0976 e. The summed E-state index contributed by atoms with van der Waals surface area (Å²) in [6.07, 6.45) is 2.07. The van der Waals surface area contributed by atoms with Crippen LogP contribution in [0, 0.1) is 20.8 Å². The Bertz CT molecular complexity index is 344. The van der Waals surface area contributed by atoms with E-state index >= 15 is 0 Å². The Morgan fingerprint density at radius 1 is 1.14 bits per heavy atom. The molecule has 0 saturated heterocycles. The Morgan fingerprint density at radius 3 is 2.00 bits per heavy atom. The molecule has 0 fully saturated rings. The molecule has 1 rings (SSSR count). The van der Waals surface area contributed by atoms with Crippen LogP contribution < -0.4 is 0 Å². The van der Waals surface area contributed by atoms with Crippen molar-refractivity contribution in [2.24, 2.45) is 4.99 Å². The van der Waals surface area contributed by atoms with Crippen molar-refractivity contribution in [1.29, 1.82) is 0 Å². The molecule has 0 heterocycles. The first kappa shape index (κ1) is 11.3. The van der Waals surface area contributed by atoms with Crippen LogP contribution in [-0.4, -0.2) is 18.3 Å². The van der Waals surface area contributed by atoms with Crippen molar-refractivity contribution in [2.75, 3.05) is 13.3 Å². The van der Waals surface area contributed by atoms with Gasteiger partial charge in [-0.05, 0) is 38.2 Å². The maximum absolute atomic E-state index is 4.31. The summed E-state index contributed by atoms with van der Waals surface area (Å²) < 4.78 is 0. The number of nitrogens with zero attached hydrogens (tertiary/aromatic N) is 1. The van der Waals surface area contributed by atoms with E-state index in [0.29, 0.717) is 0 Å². The molecule has 0 saturated carbocycles. The highest BCUT2D eigenvalue weighted by atomic mass is 32.2. The molecule has 2 heteroatoms. The van der Waals surface area contributed by atoms with Gasteiger partial charge in [0.1, 0.15) is 0 Å². The van der Waals surface area contributed by atoms with Gasteiger partial charge < -0.3 is 0 Å². The van der Waals surface area contributed by atoms with E-state index in [2.05, 4.69) is 44.2 Å². The molecule has 14 heavy (non-hydrogen) atoms. The number of thioether (sulfide) groups is 1. The third-order valence-corrected chi connectivity index (χ3v) is 3.06. The minimum absolute atomic E-state index is 1.12. The molecule has 0 spiro atoms. The van der Waals surface area contributed by atoms with Crippen molar-refractivity contribution < 1.29 is 0 Å². The van der Waals surface area contributed by atoms with Gasteiger partial charge in [0.05, 0.1) is 5.04 Å². The number of benzene rings is 1. The first-order valence-corrected chi connectivity index (χ1v) is 5.91. The van der Waals surface area contributed by atoms with E-state index < -0.39 is 0 Å². The smallest absolute Gasteiger partial charge is 0.0976 e. The molecule has 0 bridgehead atoms. The topological polar surface area (TPSA) is 12.4 Å². The maximum atomic E-state index is 4.31. The van der Waals surface area contributed by atoms with Crippen molar-refractivity contribution in [3.8, 4) is 0 Å².